The van der Waals surface area contributed by atoms with Crippen LogP contribution in [0.1, 0.15) is 11.8 Å². The quantitative estimate of drug-likeness (QED) is 0.745. The lowest BCUT2D eigenvalue weighted by atomic mass is 10.0. The fourth-order valence-corrected chi connectivity index (χ4v) is 4.02. The van der Waals surface area contributed by atoms with Crippen LogP contribution in [-0.4, -0.2) is 74.9 Å². The van der Waals surface area contributed by atoms with Gasteiger partial charge in [-0.1, -0.05) is 12.1 Å². The van der Waals surface area contributed by atoms with Crippen LogP contribution >= 0.6 is 0 Å². The molecule has 3 rings (SSSR count). The van der Waals surface area contributed by atoms with Crippen LogP contribution in [0.2, 0.25) is 0 Å². The number of halogens is 1. The van der Waals surface area contributed by atoms with Crippen molar-refractivity contribution in [2.24, 2.45) is 0 Å². The highest BCUT2D eigenvalue weighted by molar-refractivity contribution is 7.86. The van der Waals surface area contributed by atoms with Crippen molar-refractivity contribution in [3.05, 3.63) is 42.0 Å². The Morgan fingerprint density at radius 1 is 1.18 bits per heavy atom. The molecule has 0 spiro atoms. The largest absolute Gasteiger partial charge is 0.369 e. The van der Waals surface area contributed by atoms with Gasteiger partial charge in [-0.15, -0.1) is 0 Å². The average molecular weight is 409 g/mol. The first-order valence-electron chi connectivity index (χ1n) is 8.79. The van der Waals surface area contributed by atoms with Crippen LogP contribution in [0.4, 0.5) is 10.3 Å². The smallest absolute Gasteiger partial charge is 0.281 e. The van der Waals surface area contributed by atoms with Crippen molar-refractivity contribution in [1.29, 1.82) is 0 Å². The van der Waals surface area contributed by atoms with E-state index in [-0.39, 0.29) is 25.5 Å². The molecule has 1 aromatic heterocycles. The Morgan fingerprint density at radius 3 is 2.46 bits per heavy atom. The normalized spacial score (nSPS) is 18.4. The van der Waals surface area contributed by atoms with E-state index in [0.29, 0.717) is 17.2 Å². The van der Waals surface area contributed by atoms with Gasteiger partial charge in [0, 0.05) is 53.0 Å². The van der Waals surface area contributed by atoms with Crippen molar-refractivity contribution in [2.75, 3.05) is 52.8 Å². The van der Waals surface area contributed by atoms with Gasteiger partial charge in [-0.3, -0.25) is 0 Å². The van der Waals surface area contributed by atoms with Gasteiger partial charge in [0.25, 0.3) is 10.2 Å². The van der Waals surface area contributed by atoms with Crippen molar-refractivity contribution in [2.45, 2.75) is 6.10 Å². The van der Waals surface area contributed by atoms with E-state index in [2.05, 4.69) is 9.97 Å². The minimum Gasteiger partial charge on any atom is -0.369 e. The van der Waals surface area contributed by atoms with Crippen LogP contribution in [-0.2, 0) is 14.9 Å². The molecule has 10 heteroatoms. The zero-order chi connectivity index (χ0) is 20.5. The number of aromatic nitrogens is 2. The number of anilines is 1. The molecule has 2 aromatic rings. The Hall–Kier alpha value is -2.14. The van der Waals surface area contributed by atoms with Gasteiger partial charge in [-0.25, -0.2) is 14.4 Å². The van der Waals surface area contributed by atoms with Gasteiger partial charge in [-0.2, -0.15) is 17.0 Å². The predicted octanol–water partition coefficient (Wildman–Crippen LogP) is 1.53. The van der Waals surface area contributed by atoms with Gasteiger partial charge in [0.1, 0.15) is 11.9 Å². The third-order valence-corrected chi connectivity index (χ3v) is 6.39. The van der Waals surface area contributed by atoms with E-state index in [1.54, 1.807) is 23.2 Å². The summed E-state index contributed by atoms with van der Waals surface area (Å²) in [5.41, 5.74) is 1.99. The molecule has 0 N–H and O–H groups in total. The maximum Gasteiger partial charge on any atom is 0.281 e. The van der Waals surface area contributed by atoms with Crippen molar-refractivity contribution in [3.8, 4) is 11.1 Å². The lowest BCUT2D eigenvalue weighted by Crippen LogP contribution is -2.47. The number of hydrogen-bond donors (Lipinski definition) is 0. The molecule has 1 atom stereocenters. The van der Waals surface area contributed by atoms with E-state index in [9.17, 15) is 12.8 Å². The monoisotopic (exact) mass is 409 g/mol. The summed E-state index contributed by atoms with van der Waals surface area (Å²) in [5, 5.41) is 0. The van der Waals surface area contributed by atoms with Crippen molar-refractivity contribution < 1.29 is 17.5 Å². The molecule has 2 heterocycles. The van der Waals surface area contributed by atoms with E-state index in [0.717, 1.165) is 5.56 Å². The molecule has 8 nitrogen and oxygen atoms in total. The third-order valence-electron chi connectivity index (χ3n) is 4.48. The molecule has 0 radical (unpaired) electrons. The zero-order valence-corrected chi connectivity index (χ0v) is 17.1. The summed E-state index contributed by atoms with van der Waals surface area (Å²) in [6.07, 6.45) is 1.10. The van der Waals surface area contributed by atoms with Crippen LogP contribution in [0.25, 0.3) is 11.1 Å². The molecule has 1 aliphatic rings. The van der Waals surface area contributed by atoms with Gasteiger partial charge >= 0.3 is 0 Å². The molecule has 1 aromatic carbocycles. The second-order valence-corrected chi connectivity index (χ2v) is 9.02. The highest BCUT2D eigenvalue weighted by atomic mass is 32.2. The molecule has 0 saturated carbocycles. The maximum absolute atomic E-state index is 13.3. The molecule has 1 saturated heterocycles. The standard InChI is InChI=1S/C18H24FN5O3S/c1-22(2)18-20-11-15(13-5-7-14(19)8-6-13)17(21-18)16-12-24(9-10-27-16)28(25,26)23(3)4/h5-8,11,16H,9-10,12H2,1-4H3/t16-/m0/s1. The number of benzene rings is 1. The first-order valence-corrected chi connectivity index (χ1v) is 10.2. The third kappa shape index (κ3) is 4.14. The number of rotatable bonds is 5. The summed E-state index contributed by atoms with van der Waals surface area (Å²) in [4.78, 5) is 10.7. The predicted molar refractivity (Wildman–Crippen MR) is 105 cm³/mol. The van der Waals surface area contributed by atoms with E-state index in [4.69, 9.17) is 4.74 Å². The van der Waals surface area contributed by atoms with Gasteiger partial charge in [0.15, 0.2) is 0 Å². The van der Waals surface area contributed by atoms with Crippen LogP contribution in [0, 0.1) is 5.82 Å². The van der Waals surface area contributed by atoms with Crippen molar-refractivity contribution in [3.63, 3.8) is 0 Å². The van der Waals surface area contributed by atoms with Gasteiger partial charge in [0.2, 0.25) is 5.95 Å². The molecule has 28 heavy (non-hydrogen) atoms. The zero-order valence-electron chi connectivity index (χ0n) is 16.3. The molecular formula is C18H24FN5O3S. The highest BCUT2D eigenvalue weighted by Gasteiger charge is 2.33. The summed E-state index contributed by atoms with van der Waals surface area (Å²) in [6, 6.07) is 6.01. The first kappa shape index (κ1) is 20.6. The summed E-state index contributed by atoms with van der Waals surface area (Å²) >= 11 is 0. The van der Waals surface area contributed by atoms with Crippen molar-refractivity contribution >= 4 is 16.2 Å². The molecule has 152 valence electrons. The second-order valence-electron chi connectivity index (χ2n) is 6.88. The van der Waals surface area contributed by atoms with Crippen molar-refractivity contribution in [1.82, 2.24) is 18.6 Å². The maximum atomic E-state index is 13.3. The van der Waals surface area contributed by atoms with Crippen LogP contribution in [0.3, 0.4) is 0 Å². The minimum atomic E-state index is -3.57. The second kappa shape index (κ2) is 8.08. The lowest BCUT2D eigenvalue weighted by molar-refractivity contribution is -0.00590. The molecule has 1 aliphatic heterocycles. The summed E-state index contributed by atoms with van der Waals surface area (Å²) in [6.45, 7) is 0.662. The van der Waals surface area contributed by atoms with Crippen LogP contribution in [0.15, 0.2) is 30.5 Å². The summed E-state index contributed by atoms with van der Waals surface area (Å²) < 4.78 is 46.9. The van der Waals surface area contributed by atoms with E-state index in [1.807, 2.05) is 14.1 Å². The Bertz CT molecular complexity index is 935. The highest BCUT2D eigenvalue weighted by Crippen LogP contribution is 2.32. The molecule has 0 bridgehead atoms. The molecule has 0 unspecified atom stereocenters. The number of hydrogen-bond acceptors (Lipinski definition) is 6. The Balaban J connectivity index is 2.03. The Labute approximate surface area is 164 Å². The summed E-state index contributed by atoms with van der Waals surface area (Å²) in [5.74, 6) is 0.144. The number of morpholine rings is 1. The minimum absolute atomic E-state index is 0.137. The Morgan fingerprint density at radius 2 is 1.86 bits per heavy atom. The fraction of sp³-hybridized carbons (Fsp3) is 0.444. The van der Waals surface area contributed by atoms with E-state index < -0.39 is 16.3 Å². The van der Waals surface area contributed by atoms with E-state index >= 15 is 0 Å². The SMILES string of the molecule is CN(C)c1ncc(-c2ccc(F)cc2)c([C@@H]2CN(S(=O)(=O)N(C)C)CCO2)n1. The summed E-state index contributed by atoms with van der Waals surface area (Å²) in [7, 11) is 3.07. The molecule has 0 amide bonds. The van der Waals surface area contributed by atoms with Gasteiger partial charge < -0.3 is 9.64 Å². The van der Waals surface area contributed by atoms with Gasteiger partial charge in [-0.05, 0) is 17.7 Å². The van der Waals surface area contributed by atoms with Crippen LogP contribution in [0.5, 0.6) is 0 Å². The average Bonchev–Trinajstić information content (AvgIpc) is 2.68. The molecular weight excluding hydrogens is 385 g/mol. The number of ether oxygens (including phenoxy) is 1. The topological polar surface area (TPSA) is 78.9 Å². The first-order chi connectivity index (χ1) is 13.2. The van der Waals surface area contributed by atoms with E-state index in [1.165, 1.54) is 34.8 Å². The Kier molecular flexibility index (Phi) is 5.94. The van der Waals surface area contributed by atoms with Crippen LogP contribution < -0.4 is 4.90 Å². The fourth-order valence-electron chi connectivity index (χ4n) is 2.93. The van der Waals surface area contributed by atoms with Gasteiger partial charge in [0.05, 0.1) is 12.3 Å². The molecule has 0 aliphatic carbocycles. The number of nitrogens with zero attached hydrogens (tertiary/aromatic N) is 5. The lowest BCUT2D eigenvalue weighted by Gasteiger charge is -2.34. The molecule has 1 fully saturated rings.